The second kappa shape index (κ2) is 4.90. The first-order valence-corrected chi connectivity index (χ1v) is 7.12. The van der Waals surface area contributed by atoms with Gasteiger partial charge in [-0.3, -0.25) is 4.79 Å². The largest absolute Gasteiger partial charge is 0.463 e. The number of para-hydroxylation sites is 1. The summed E-state index contributed by atoms with van der Waals surface area (Å²) < 4.78 is 5.40. The van der Waals surface area contributed by atoms with Crippen LogP contribution in [0.1, 0.15) is 36.0 Å². The SMILES string of the molecule is NC(=S)C1(NC(=O)c2coc3ccccc23)CCCC1. The zero-order chi connectivity index (χ0) is 14.2. The number of amides is 1. The van der Waals surface area contributed by atoms with Crippen molar-refractivity contribution in [1.29, 1.82) is 0 Å². The van der Waals surface area contributed by atoms with Crippen molar-refractivity contribution in [3.63, 3.8) is 0 Å². The van der Waals surface area contributed by atoms with Crippen molar-refractivity contribution in [3.8, 4) is 0 Å². The minimum atomic E-state index is -0.537. The smallest absolute Gasteiger partial charge is 0.255 e. The van der Waals surface area contributed by atoms with E-state index in [4.69, 9.17) is 22.4 Å². The van der Waals surface area contributed by atoms with Crippen molar-refractivity contribution in [3.05, 3.63) is 36.1 Å². The zero-order valence-electron chi connectivity index (χ0n) is 11.0. The summed E-state index contributed by atoms with van der Waals surface area (Å²) in [6, 6.07) is 7.47. The molecule has 1 aromatic carbocycles. The first-order valence-electron chi connectivity index (χ1n) is 6.71. The molecular formula is C15H16N2O2S. The van der Waals surface area contributed by atoms with E-state index in [-0.39, 0.29) is 5.91 Å². The number of nitrogens with two attached hydrogens (primary N) is 1. The van der Waals surface area contributed by atoms with Gasteiger partial charge >= 0.3 is 0 Å². The molecule has 4 nitrogen and oxygen atoms in total. The average Bonchev–Trinajstić information content (AvgIpc) is 3.05. The molecule has 1 aliphatic carbocycles. The third-order valence-electron chi connectivity index (χ3n) is 4.01. The Morgan fingerprint density at radius 3 is 2.70 bits per heavy atom. The number of nitrogens with one attached hydrogen (secondary N) is 1. The molecule has 2 aromatic rings. The quantitative estimate of drug-likeness (QED) is 0.852. The van der Waals surface area contributed by atoms with Gasteiger partial charge in [0.15, 0.2) is 0 Å². The highest BCUT2D eigenvalue weighted by Crippen LogP contribution is 2.31. The predicted molar refractivity (Wildman–Crippen MR) is 81.7 cm³/mol. The van der Waals surface area contributed by atoms with E-state index in [1.807, 2.05) is 24.3 Å². The van der Waals surface area contributed by atoms with Crippen LogP contribution in [-0.2, 0) is 0 Å². The van der Waals surface area contributed by atoms with E-state index in [1.165, 1.54) is 6.26 Å². The Kier molecular flexibility index (Phi) is 3.22. The lowest BCUT2D eigenvalue weighted by atomic mass is 9.97. The van der Waals surface area contributed by atoms with Gasteiger partial charge in [-0.2, -0.15) is 0 Å². The summed E-state index contributed by atoms with van der Waals surface area (Å²) in [6.07, 6.45) is 5.17. The molecule has 0 bridgehead atoms. The lowest BCUT2D eigenvalue weighted by molar-refractivity contribution is 0.0925. The van der Waals surface area contributed by atoms with Crippen molar-refractivity contribution in [1.82, 2.24) is 5.32 Å². The maximum absolute atomic E-state index is 12.5. The molecule has 104 valence electrons. The van der Waals surface area contributed by atoms with Gasteiger partial charge in [0, 0.05) is 5.39 Å². The van der Waals surface area contributed by atoms with E-state index < -0.39 is 5.54 Å². The molecule has 1 amide bonds. The summed E-state index contributed by atoms with van der Waals surface area (Å²) in [6.45, 7) is 0. The van der Waals surface area contributed by atoms with E-state index >= 15 is 0 Å². The highest BCUT2D eigenvalue weighted by atomic mass is 32.1. The maximum atomic E-state index is 12.5. The highest BCUT2D eigenvalue weighted by molar-refractivity contribution is 7.80. The van der Waals surface area contributed by atoms with Crippen LogP contribution in [0.3, 0.4) is 0 Å². The normalized spacial score (nSPS) is 17.2. The van der Waals surface area contributed by atoms with Gasteiger partial charge in [-0.1, -0.05) is 43.3 Å². The summed E-state index contributed by atoms with van der Waals surface area (Å²) in [4.78, 5) is 12.9. The molecule has 0 saturated heterocycles. The van der Waals surface area contributed by atoms with E-state index in [0.29, 0.717) is 16.1 Å². The lowest BCUT2D eigenvalue weighted by Crippen LogP contribution is -2.54. The van der Waals surface area contributed by atoms with E-state index in [9.17, 15) is 4.79 Å². The Morgan fingerprint density at radius 2 is 2.00 bits per heavy atom. The predicted octanol–water partition coefficient (Wildman–Crippen LogP) is 2.76. The Labute approximate surface area is 122 Å². The highest BCUT2D eigenvalue weighted by Gasteiger charge is 2.38. The number of fused-ring (bicyclic) bond motifs is 1. The van der Waals surface area contributed by atoms with Crippen LogP contribution in [0.5, 0.6) is 0 Å². The van der Waals surface area contributed by atoms with E-state index in [2.05, 4.69) is 5.32 Å². The van der Waals surface area contributed by atoms with Gasteiger partial charge in [0.05, 0.1) is 16.1 Å². The standard InChI is InChI=1S/C15H16N2O2S/c16-14(20)15(7-3-4-8-15)17-13(18)11-9-19-12-6-2-1-5-10(11)12/h1-2,5-6,9H,3-4,7-8H2,(H2,16,20)(H,17,18). The molecular weight excluding hydrogens is 272 g/mol. The summed E-state index contributed by atoms with van der Waals surface area (Å²) in [5, 5.41) is 3.83. The first kappa shape index (κ1) is 13.1. The number of carbonyl (C=O) groups is 1. The van der Waals surface area contributed by atoms with E-state index in [1.54, 1.807) is 0 Å². The molecule has 0 aliphatic heterocycles. The molecule has 1 aromatic heterocycles. The minimum Gasteiger partial charge on any atom is -0.463 e. The van der Waals surface area contributed by atoms with Crippen molar-refractivity contribution in [2.75, 3.05) is 0 Å². The number of thiocarbonyl (C=S) groups is 1. The number of furan rings is 1. The van der Waals surface area contributed by atoms with Crippen LogP contribution < -0.4 is 11.1 Å². The Balaban J connectivity index is 1.91. The maximum Gasteiger partial charge on any atom is 0.255 e. The van der Waals surface area contributed by atoms with Crippen molar-refractivity contribution in [2.24, 2.45) is 5.73 Å². The lowest BCUT2D eigenvalue weighted by Gasteiger charge is -2.28. The van der Waals surface area contributed by atoms with Crippen LogP contribution in [-0.4, -0.2) is 16.4 Å². The minimum absolute atomic E-state index is 0.176. The molecule has 1 aliphatic rings. The Hall–Kier alpha value is -1.88. The fourth-order valence-electron chi connectivity index (χ4n) is 2.85. The molecule has 0 atom stereocenters. The number of hydrogen-bond acceptors (Lipinski definition) is 3. The monoisotopic (exact) mass is 288 g/mol. The fraction of sp³-hybridized carbons (Fsp3) is 0.333. The molecule has 1 saturated carbocycles. The molecule has 0 unspecified atom stereocenters. The van der Waals surface area contributed by atoms with Gasteiger partial charge in [-0.15, -0.1) is 0 Å². The van der Waals surface area contributed by atoms with Crippen LogP contribution in [0.15, 0.2) is 34.9 Å². The van der Waals surface area contributed by atoms with Gasteiger partial charge in [0.1, 0.15) is 11.8 Å². The fourth-order valence-corrected chi connectivity index (χ4v) is 3.11. The number of carbonyl (C=O) groups excluding carboxylic acids is 1. The molecule has 1 heterocycles. The Bertz CT molecular complexity index is 671. The van der Waals surface area contributed by atoms with Crippen molar-refractivity contribution in [2.45, 2.75) is 31.2 Å². The summed E-state index contributed by atoms with van der Waals surface area (Å²) in [7, 11) is 0. The van der Waals surface area contributed by atoms with Crippen LogP contribution in [0.4, 0.5) is 0 Å². The Morgan fingerprint density at radius 1 is 1.30 bits per heavy atom. The van der Waals surface area contributed by atoms with Crippen LogP contribution in [0.2, 0.25) is 0 Å². The van der Waals surface area contributed by atoms with Gasteiger partial charge in [0.2, 0.25) is 0 Å². The average molecular weight is 288 g/mol. The zero-order valence-corrected chi connectivity index (χ0v) is 11.8. The molecule has 3 N–H and O–H groups in total. The van der Waals surface area contributed by atoms with Gasteiger partial charge in [-0.25, -0.2) is 0 Å². The van der Waals surface area contributed by atoms with Gasteiger partial charge < -0.3 is 15.5 Å². The van der Waals surface area contributed by atoms with Crippen molar-refractivity contribution >= 4 is 34.1 Å². The molecule has 0 spiro atoms. The van der Waals surface area contributed by atoms with Crippen LogP contribution >= 0.6 is 12.2 Å². The second-order valence-corrected chi connectivity index (χ2v) is 5.69. The van der Waals surface area contributed by atoms with Crippen LogP contribution in [0, 0.1) is 0 Å². The van der Waals surface area contributed by atoms with Gasteiger partial charge in [-0.05, 0) is 18.9 Å². The second-order valence-electron chi connectivity index (χ2n) is 5.25. The molecule has 5 heteroatoms. The summed E-state index contributed by atoms with van der Waals surface area (Å²) in [5.74, 6) is -0.176. The first-order chi connectivity index (χ1) is 9.62. The molecule has 1 fully saturated rings. The van der Waals surface area contributed by atoms with Gasteiger partial charge in [0.25, 0.3) is 5.91 Å². The topological polar surface area (TPSA) is 68.3 Å². The van der Waals surface area contributed by atoms with Crippen molar-refractivity contribution < 1.29 is 9.21 Å². The molecule has 0 radical (unpaired) electrons. The van der Waals surface area contributed by atoms with Crippen LogP contribution in [0.25, 0.3) is 11.0 Å². The molecule has 3 rings (SSSR count). The summed E-state index contributed by atoms with van der Waals surface area (Å²) >= 11 is 5.15. The summed E-state index contributed by atoms with van der Waals surface area (Å²) in [5.41, 5.74) is 6.54. The number of benzene rings is 1. The number of hydrogen-bond donors (Lipinski definition) is 2. The van der Waals surface area contributed by atoms with E-state index in [0.717, 1.165) is 31.1 Å². The molecule has 20 heavy (non-hydrogen) atoms. The number of rotatable bonds is 3. The third kappa shape index (κ3) is 2.08. The third-order valence-corrected chi connectivity index (χ3v) is 4.40.